The Bertz CT molecular complexity index is 111. The first-order valence-electron chi connectivity index (χ1n) is 3.38. The number of nitriles is 1. The molecule has 0 amide bonds. The van der Waals surface area contributed by atoms with Crippen LogP contribution in [-0.2, 0) is 4.74 Å². The number of ether oxygens (including phenoxy) is 1. The minimum absolute atomic E-state index is 0.103. The summed E-state index contributed by atoms with van der Waals surface area (Å²) < 4.78 is 5.10. The Hall–Kier alpha value is -0.0700. The molecule has 0 rings (SSSR count). The van der Waals surface area contributed by atoms with E-state index in [0.29, 0.717) is 6.61 Å². The lowest BCUT2D eigenvalue weighted by molar-refractivity contribution is 0.139. The Morgan fingerprint density at radius 1 is 1.70 bits per heavy atom. The van der Waals surface area contributed by atoms with Crippen molar-refractivity contribution in [3.8, 4) is 6.07 Å². The summed E-state index contributed by atoms with van der Waals surface area (Å²) in [6.07, 6.45) is 0.829. The van der Waals surface area contributed by atoms with Gasteiger partial charge in [0.25, 0.3) is 0 Å². The van der Waals surface area contributed by atoms with Crippen LogP contribution in [0, 0.1) is 17.2 Å². The van der Waals surface area contributed by atoms with Gasteiger partial charge in [-0.3, -0.25) is 0 Å². The lowest BCUT2D eigenvalue weighted by Crippen LogP contribution is -2.04. The van der Waals surface area contributed by atoms with Crippen molar-refractivity contribution >= 4 is 15.9 Å². The van der Waals surface area contributed by atoms with Crippen molar-refractivity contribution in [1.82, 2.24) is 0 Å². The van der Waals surface area contributed by atoms with E-state index in [-0.39, 0.29) is 5.92 Å². The van der Waals surface area contributed by atoms with Crippen molar-refractivity contribution in [3.63, 3.8) is 0 Å². The molecule has 0 aliphatic heterocycles. The standard InChI is InChI=1S/C7H12BrNO/c1-2-10-4-3-7(5-8)6-9/h7H,2-5H2,1H3. The van der Waals surface area contributed by atoms with Crippen LogP contribution >= 0.6 is 15.9 Å². The van der Waals surface area contributed by atoms with Gasteiger partial charge in [-0.1, -0.05) is 15.9 Å². The summed E-state index contributed by atoms with van der Waals surface area (Å²) in [7, 11) is 0. The van der Waals surface area contributed by atoms with Gasteiger partial charge < -0.3 is 4.74 Å². The zero-order valence-electron chi connectivity index (χ0n) is 6.14. The number of hydrogen-bond acceptors (Lipinski definition) is 2. The lowest BCUT2D eigenvalue weighted by Gasteiger charge is -2.03. The van der Waals surface area contributed by atoms with E-state index >= 15 is 0 Å². The predicted octanol–water partition coefficient (Wildman–Crippen LogP) is 1.95. The van der Waals surface area contributed by atoms with Gasteiger partial charge in [0.2, 0.25) is 0 Å². The van der Waals surface area contributed by atoms with Crippen molar-refractivity contribution in [1.29, 1.82) is 5.26 Å². The summed E-state index contributed by atoms with van der Waals surface area (Å²) in [5, 5.41) is 9.24. The van der Waals surface area contributed by atoms with Gasteiger partial charge in [0.05, 0.1) is 12.0 Å². The van der Waals surface area contributed by atoms with Crippen LogP contribution in [0.15, 0.2) is 0 Å². The number of halogens is 1. The van der Waals surface area contributed by atoms with Gasteiger partial charge in [0.1, 0.15) is 0 Å². The molecule has 0 spiro atoms. The molecule has 0 saturated carbocycles. The molecule has 0 radical (unpaired) electrons. The molecule has 0 fully saturated rings. The molecule has 0 aliphatic carbocycles. The summed E-state index contributed by atoms with van der Waals surface area (Å²) in [4.78, 5) is 0. The Balaban J connectivity index is 3.20. The van der Waals surface area contributed by atoms with Gasteiger partial charge in [0.15, 0.2) is 0 Å². The maximum absolute atomic E-state index is 8.49. The van der Waals surface area contributed by atoms with Gasteiger partial charge in [-0.15, -0.1) is 0 Å². The largest absolute Gasteiger partial charge is 0.382 e. The maximum atomic E-state index is 8.49. The first-order valence-corrected chi connectivity index (χ1v) is 4.50. The van der Waals surface area contributed by atoms with Crippen molar-refractivity contribution in [2.45, 2.75) is 13.3 Å². The van der Waals surface area contributed by atoms with Crippen LogP contribution in [0.25, 0.3) is 0 Å². The molecule has 0 saturated heterocycles. The molecule has 2 nitrogen and oxygen atoms in total. The summed E-state index contributed by atoms with van der Waals surface area (Å²) in [5.41, 5.74) is 0. The Kier molecular flexibility index (Phi) is 6.99. The topological polar surface area (TPSA) is 33.0 Å². The van der Waals surface area contributed by atoms with Crippen LogP contribution in [0.5, 0.6) is 0 Å². The summed E-state index contributed by atoms with van der Waals surface area (Å²) in [6.45, 7) is 3.39. The molecular weight excluding hydrogens is 194 g/mol. The van der Waals surface area contributed by atoms with Gasteiger partial charge >= 0.3 is 0 Å². The second kappa shape index (κ2) is 7.04. The third-order valence-electron chi connectivity index (χ3n) is 1.18. The molecule has 0 bridgehead atoms. The van der Waals surface area contributed by atoms with Crippen LogP contribution in [0.2, 0.25) is 0 Å². The molecule has 0 aliphatic rings. The van der Waals surface area contributed by atoms with E-state index in [0.717, 1.165) is 18.4 Å². The highest BCUT2D eigenvalue weighted by Gasteiger charge is 2.03. The Morgan fingerprint density at radius 3 is 2.80 bits per heavy atom. The second-order valence-electron chi connectivity index (χ2n) is 1.97. The summed E-state index contributed by atoms with van der Waals surface area (Å²) in [5.74, 6) is 0.103. The van der Waals surface area contributed by atoms with Crippen molar-refractivity contribution in [3.05, 3.63) is 0 Å². The minimum Gasteiger partial charge on any atom is -0.382 e. The normalized spacial score (nSPS) is 12.5. The number of hydrogen-bond donors (Lipinski definition) is 0. The highest BCUT2D eigenvalue weighted by Crippen LogP contribution is 2.04. The van der Waals surface area contributed by atoms with Gasteiger partial charge in [-0.2, -0.15) is 5.26 Å². The smallest absolute Gasteiger partial charge is 0.0665 e. The van der Waals surface area contributed by atoms with Crippen LogP contribution in [-0.4, -0.2) is 18.5 Å². The average molecular weight is 206 g/mol. The quantitative estimate of drug-likeness (QED) is 0.508. The van der Waals surface area contributed by atoms with Gasteiger partial charge in [-0.05, 0) is 13.3 Å². The fourth-order valence-electron chi connectivity index (χ4n) is 0.546. The molecule has 3 heteroatoms. The third kappa shape index (κ3) is 4.78. The van der Waals surface area contributed by atoms with Crippen LogP contribution in [0.3, 0.4) is 0 Å². The fraction of sp³-hybridized carbons (Fsp3) is 0.857. The molecule has 0 N–H and O–H groups in total. The Morgan fingerprint density at radius 2 is 2.40 bits per heavy atom. The van der Waals surface area contributed by atoms with Gasteiger partial charge in [-0.25, -0.2) is 0 Å². The van der Waals surface area contributed by atoms with Crippen molar-refractivity contribution < 1.29 is 4.74 Å². The molecule has 0 aromatic rings. The SMILES string of the molecule is CCOCCC(C#N)CBr. The van der Waals surface area contributed by atoms with Crippen LogP contribution in [0.1, 0.15) is 13.3 Å². The van der Waals surface area contributed by atoms with E-state index in [9.17, 15) is 0 Å². The summed E-state index contributed by atoms with van der Waals surface area (Å²) in [6, 6.07) is 2.18. The molecular formula is C7H12BrNO. The predicted molar refractivity (Wildman–Crippen MR) is 44.0 cm³/mol. The maximum Gasteiger partial charge on any atom is 0.0665 e. The highest BCUT2D eigenvalue weighted by atomic mass is 79.9. The molecule has 1 atom stereocenters. The van der Waals surface area contributed by atoms with E-state index in [1.165, 1.54) is 0 Å². The second-order valence-corrected chi connectivity index (χ2v) is 2.61. The molecule has 58 valence electrons. The van der Waals surface area contributed by atoms with Crippen LogP contribution < -0.4 is 0 Å². The molecule has 10 heavy (non-hydrogen) atoms. The number of alkyl halides is 1. The summed E-state index contributed by atoms with van der Waals surface area (Å²) >= 11 is 3.25. The van der Waals surface area contributed by atoms with E-state index in [1.54, 1.807) is 0 Å². The van der Waals surface area contributed by atoms with E-state index in [4.69, 9.17) is 10.00 Å². The number of rotatable bonds is 5. The highest BCUT2D eigenvalue weighted by molar-refractivity contribution is 9.09. The van der Waals surface area contributed by atoms with Crippen LogP contribution in [0.4, 0.5) is 0 Å². The monoisotopic (exact) mass is 205 g/mol. The van der Waals surface area contributed by atoms with Crippen molar-refractivity contribution in [2.24, 2.45) is 5.92 Å². The molecule has 0 aromatic heterocycles. The molecule has 0 heterocycles. The minimum atomic E-state index is 0.103. The molecule has 0 aromatic carbocycles. The Labute approximate surface area is 70.3 Å². The zero-order valence-corrected chi connectivity index (χ0v) is 7.73. The van der Waals surface area contributed by atoms with E-state index in [1.807, 2.05) is 6.92 Å². The third-order valence-corrected chi connectivity index (χ3v) is 1.97. The molecule has 1 unspecified atom stereocenters. The zero-order chi connectivity index (χ0) is 7.82. The first kappa shape index (κ1) is 9.93. The number of nitrogens with zero attached hydrogens (tertiary/aromatic N) is 1. The first-order chi connectivity index (χ1) is 4.85. The van der Waals surface area contributed by atoms with E-state index < -0.39 is 0 Å². The van der Waals surface area contributed by atoms with E-state index in [2.05, 4.69) is 22.0 Å². The lowest BCUT2D eigenvalue weighted by atomic mass is 10.1. The van der Waals surface area contributed by atoms with Crippen molar-refractivity contribution in [2.75, 3.05) is 18.5 Å². The average Bonchev–Trinajstić information content (AvgIpc) is 1.99. The fourth-order valence-corrected chi connectivity index (χ4v) is 1.01. The van der Waals surface area contributed by atoms with Gasteiger partial charge in [0, 0.05) is 18.5 Å².